The van der Waals surface area contributed by atoms with Gasteiger partial charge in [0.1, 0.15) is 17.3 Å². The van der Waals surface area contributed by atoms with E-state index in [1.807, 2.05) is 36.4 Å². The molecule has 0 radical (unpaired) electrons. The number of rotatable bonds is 4. The summed E-state index contributed by atoms with van der Waals surface area (Å²) in [4.78, 5) is 8.52. The number of furan rings is 1. The van der Waals surface area contributed by atoms with Gasteiger partial charge < -0.3 is 9.52 Å². The first-order valence-corrected chi connectivity index (χ1v) is 8.23. The van der Waals surface area contributed by atoms with Crippen molar-refractivity contribution in [1.29, 1.82) is 5.26 Å². The summed E-state index contributed by atoms with van der Waals surface area (Å²) in [6.07, 6.45) is 5.60. The van der Waals surface area contributed by atoms with Crippen LogP contribution in [0.2, 0.25) is 0 Å². The number of nitriles is 1. The van der Waals surface area contributed by atoms with Crippen molar-refractivity contribution in [2.45, 2.75) is 6.42 Å². The Kier molecular flexibility index (Phi) is 4.18. The summed E-state index contributed by atoms with van der Waals surface area (Å²) in [5.41, 5.74) is 5.60. The normalized spacial score (nSPS) is 10.8. The lowest BCUT2D eigenvalue weighted by Crippen LogP contribution is -1.89. The minimum Gasteiger partial charge on any atom is -0.454 e. The van der Waals surface area contributed by atoms with Crippen LogP contribution >= 0.6 is 0 Å². The Hall–Kier alpha value is -3.49. The fourth-order valence-corrected chi connectivity index (χ4v) is 2.92. The van der Waals surface area contributed by atoms with E-state index in [0.717, 1.165) is 33.5 Å². The van der Waals surface area contributed by atoms with Crippen LogP contribution in [0.1, 0.15) is 11.1 Å². The van der Waals surface area contributed by atoms with Crippen molar-refractivity contribution < 1.29 is 9.52 Å². The second-order valence-corrected chi connectivity index (χ2v) is 5.93. The molecule has 0 fully saturated rings. The van der Waals surface area contributed by atoms with Crippen molar-refractivity contribution in [1.82, 2.24) is 9.97 Å². The first-order valence-electron chi connectivity index (χ1n) is 8.23. The molecule has 0 amide bonds. The molecule has 26 heavy (non-hydrogen) atoms. The minimum atomic E-state index is 0.132. The van der Waals surface area contributed by atoms with Gasteiger partial charge >= 0.3 is 0 Å². The van der Waals surface area contributed by atoms with E-state index in [4.69, 9.17) is 14.8 Å². The Labute approximate surface area is 150 Å². The summed E-state index contributed by atoms with van der Waals surface area (Å²) in [5, 5.41) is 18.1. The smallest absolute Gasteiger partial charge is 0.161 e. The van der Waals surface area contributed by atoms with Crippen molar-refractivity contribution in [2.24, 2.45) is 0 Å². The molecule has 5 heteroatoms. The van der Waals surface area contributed by atoms with E-state index in [1.165, 1.54) is 6.20 Å². The molecule has 4 rings (SSSR count). The molecule has 0 atom stereocenters. The van der Waals surface area contributed by atoms with Crippen molar-refractivity contribution in [2.75, 3.05) is 6.61 Å². The van der Waals surface area contributed by atoms with Crippen LogP contribution in [0.3, 0.4) is 0 Å². The minimum absolute atomic E-state index is 0.132. The molecule has 0 unspecified atom stereocenters. The lowest BCUT2D eigenvalue weighted by Gasteiger charge is -2.02. The van der Waals surface area contributed by atoms with Crippen LogP contribution in [0.15, 0.2) is 65.5 Å². The molecule has 0 bridgehead atoms. The van der Waals surface area contributed by atoms with Crippen LogP contribution in [0.5, 0.6) is 0 Å². The second kappa shape index (κ2) is 6.79. The number of benzene rings is 1. The number of aliphatic hydroxyl groups is 1. The van der Waals surface area contributed by atoms with Gasteiger partial charge in [-0.15, -0.1) is 0 Å². The highest BCUT2D eigenvalue weighted by Crippen LogP contribution is 2.33. The first-order chi connectivity index (χ1) is 12.8. The van der Waals surface area contributed by atoms with Gasteiger partial charge in [0, 0.05) is 48.0 Å². The van der Waals surface area contributed by atoms with E-state index in [0.29, 0.717) is 17.6 Å². The Morgan fingerprint density at radius 2 is 1.88 bits per heavy atom. The van der Waals surface area contributed by atoms with Gasteiger partial charge in [0.15, 0.2) is 5.58 Å². The van der Waals surface area contributed by atoms with Crippen LogP contribution < -0.4 is 0 Å². The molecule has 0 aliphatic heterocycles. The maximum absolute atomic E-state index is 9.09. The maximum Gasteiger partial charge on any atom is 0.161 e. The average Bonchev–Trinajstić information content (AvgIpc) is 3.13. The third kappa shape index (κ3) is 2.94. The molecule has 1 N–H and O–H groups in total. The summed E-state index contributed by atoms with van der Waals surface area (Å²) < 4.78 is 6.09. The number of aromatic nitrogens is 2. The van der Waals surface area contributed by atoms with Crippen molar-refractivity contribution in [3.8, 4) is 28.5 Å². The molecule has 3 aromatic heterocycles. The number of hydrogen-bond acceptors (Lipinski definition) is 5. The van der Waals surface area contributed by atoms with Gasteiger partial charge in [-0.05, 0) is 24.1 Å². The maximum atomic E-state index is 9.09. The molecule has 3 heterocycles. The highest BCUT2D eigenvalue weighted by molar-refractivity contribution is 5.92. The Balaban J connectivity index is 1.79. The molecular formula is C21H15N3O2. The highest BCUT2D eigenvalue weighted by atomic mass is 16.3. The van der Waals surface area contributed by atoms with E-state index < -0.39 is 0 Å². The van der Waals surface area contributed by atoms with Gasteiger partial charge in [0.05, 0.1) is 5.56 Å². The summed E-state index contributed by atoms with van der Waals surface area (Å²) in [5.74, 6) is 0.722. The zero-order valence-electron chi connectivity index (χ0n) is 13.9. The number of pyridine rings is 2. The summed E-state index contributed by atoms with van der Waals surface area (Å²) >= 11 is 0. The molecule has 126 valence electrons. The van der Waals surface area contributed by atoms with Crippen molar-refractivity contribution >= 4 is 11.1 Å². The number of fused-ring (bicyclic) bond motifs is 1. The largest absolute Gasteiger partial charge is 0.454 e. The summed E-state index contributed by atoms with van der Waals surface area (Å²) in [6, 6.07) is 15.6. The van der Waals surface area contributed by atoms with Gasteiger partial charge in [-0.1, -0.05) is 24.3 Å². The third-order valence-electron chi connectivity index (χ3n) is 4.23. The predicted molar refractivity (Wildman–Crippen MR) is 98.2 cm³/mol. The van der Waals surface area contributed by atoms with Crippen LogP contribution in [0, 0.1) is 11.3 Å². The Morgan fingerprint density at radius 3 is 2.65 bits per heavy atom. The molecule has 0 spiro atoms. The number of nitrogens with zero attached hydrogens (tertiary/aromatic N) is 3. The van der Waals surface area contributed by atoms with E-state index >= 15 is 0 Å². The van der Waals surface area contributed by atoms with E-state index in [9.17, 15) is 0 Å². The van der Waals surface area contributed by atoms with E-state index in [1.54, 1.807) is 18.5 Å². The molecule has 0 aliphatic rings. The highest BCUT2D eigenvalue weighted by Gasteiger charge is 2.13. The topological polar surface area (TPSA) is 82.9 Å². The average molecular weight is 341 g/mol. The number of hydrogen-bond donors (Lipinski definition) is 1. The SMILES string of the molecule is N#Cc1cncc(-c2ccnc3cc(-c4ccc(CCO)cc4)oc23)c1. The Bertz CT molecular complexity index is 1110. The van der Waals surface area contributed by atoms with Gasteiger partial charge in [-0.3, -0.25) is 9.97 Å². The second-order valence-electron chi connectivity index (χ2n) is 5.93. The van der Waals surface area contributed by atoms with Gasteiger partial charge in [0.25, 0.3) is 0 Å². The van der Waals surface area contributed by atoms with Crippen molar-refractivity contribution in [3.05, 3.63) is 72.2 Å². The molecule has 1 aromatic carbocycles. The third-order valence-corrected chi connectivity index (χ3v) is 4.23. The number of aliphatic hydroxyl groups excluding tert-OH is 1. The van der Waals surface area contributed by atoms with E-state index in [2.05, 4.69) is 16.0 Å². The summed E-state index contributed by atoms with van der Waals surface area (Å²) in [7, 11) is 0. The zero-order valence-corrected chi connectivity index (χ0v) is 13.9. The van der Waals surface area contributed by atoms with Crippen LogP contribution in [-0.2, 0) is 6.42 Å². The molecule has 0 saturated carbocycles. The molecule has 0 aliphatic carbocycles. The summed E-state index contributed by atoms with van der Waals surface area (Å²) in [6.45, 7) is 0.132. The quantitative estimate of drug-likeness (QED) is 0.607. The van der Waals surface area contributed by atoms with Crippen LogP contribution in [0.25, 0.3) is 33.6 Å². The fraction of sp³-hybridized carbons (Fsp3) is 0.0952. The molecular weight excluding hydrogens is 326 g/mol. The van der Waals surface area contributed by atoms with Gasteiger partial charge in [0.2, 0.25) is 0 Å². The predicted octanol–water partition coefficient (Wildman–Crippen LogP) is 3.96. The van der Waals surface area contributed by atoms with Crippen LogP contribution in [0.4, 0.5) is 0 Å². The van der Waals surface area contributed by atoms with Gasteiger partial charge in [-0.25, -0.2) is 0 Å². The Morgan fingerprint density at radius 1 is 1.04 bits per heavy atom. The lowest BCUT2D eigenvalue weighted by atomic mass is 10.1. The molecule has 4 aromatic rings. The fourth-order valence-electron chi connectivity index (χ4n) is 2.92. The standard InChI is InChI=1S/C21H15N3O2/c22-11-15-9-17(13-23-12-15)18-5-7-24-19-10-20(26-21(18)19)16-3-1-14(2-4-16)6-8-25/h1-5,7,9-10,12-13,25H,6,8H2. The van der Waals surface area contributed by atoms with Crippen molar-refractivity contribution in [3.63, 3.8) is 0 Å². The molecule has 0 saturated heterocycles. The monoisotopic (exact) mass is 341 g/mol. The van der Waals surface area contributed by atoms with E-state index in [-0.39, 0.29) is 6.61 Å². The first kappa shape index (κ1) is 16.0. The molecule has 5 nitrogen and oxygen atoms in total. The lowest BCUT2D eigenvalue weighted by molar-refractivity contribution is 0.299. The van der Waals surface area contributed by atoms with Gasteiger partial charge in [-0.2, -0.15) is 5.26 Å². The van der Waals surface area contributed by atoms with Crippen LogP contribution in [-0.4, -0.2) is 21.7 Å². The zero-order chi connectivity index (χ0) is 17.9.